The maximum atomic E-state index is 2.34. The van der Waals surface area contributed by atoms with E-state index in [1.165, 1.54) is 39.0 Å². The largest absolute Gasteiger partial charge is 0.0660 e. The van der Waals surface area contributed by atoms with Crippen LogP contribution in [-0.2, 0) is 0 Å². The fraction of sp³-hybridized carbons (Fsp3) is 0.304. The van der Waals surface area contributed by atoms with Crippen molar-refractivity contribution in [1.82, 2.24) is 0 Å². The summed E-state index contributed by atoms with van der Waals surface area (Å²) in [4.78, 5) is 0. The molecule has 0 aliphatic heterocycles. The van der Waals surface area contributed by atoms with Gasteiger partial charge in [0, 0.05) is 5.92 Å². The van der Waals surface area contributed by atoms with Crippen LogP contribution in [0.5, 0.6) is 0 Å². The lowest BCUT2D eigenvalue weighted by molar-refractivity contribution is 0.891. The van der Waals surface area contributed by atoms with E-state index in [1.54, 1.807) is 5.57 Å². The molecule has 0 saturated heterocycles. The van der Waals surface area contributed by atoms with E-state index in [0.29, 0.717) is 5.92 Å². The second-order valence-corrected chi connectivity index (χ2v) is 6.99. The molecule has 2 aromatic carbocycles. The molecule has 118 valence electrons. The van der Waals surface area contributed by atoms with Gasteiger partial charge in [0.1, 0.15) is 0 Å². The molecule has 0 N–H and O–H groups in total. The molecule has 0 nitrogen and oxygen atoms in total. The Morgan fingerprint density at radius 3 is 1.61 bits per heavy atom. The van der Waals surface area contributed by atoms with Crippen LogP contribution in [0.4, 0.5) is 0 Å². The Bertz CT molecular complexity index is 757. The first-order valence-corrected chi connectivity index (χ1v) is 8.47. The minimum Gasteiger partial charge on any atom is -0.0660 e. The molecule has 0 unspecified atom stereocenters. The lowest BCUT2D eigenvalue weighted by Gasteiger charge is -2.22. The molecule has 0 aromatic heterocycles. The summed E-state index contributed by atoms with van der Waals surface area (Å²) in [5.41, 5.74) is 11.5. The molecule has 0 saturated carbocycles. The van der Waals surface area contributed by atoms with Gasteiger partial charge in [0.05, 0.1) is 0 Å². The first kappa shape index (κ1) is 15.8. The van der Waals surface area contributed by atoms with Gasteiger partial charge < -0.3 is 0 Å². The Morgan fingerprint density at radius 1 is 0.696 bits per heavy atom. The molecule has 0 spiro atoms. The minimum atomic E-state index is 0.363. The van der Waals surface area contributed by atoms with Crippen LogP contribution in [0.3, 0.4) is 0 Å². The zero-order valence-electron chi connectivity index (χ0n) is 14.9. The van der Waals surface area contributed by atoms with Crippen molar-refractivity contribution in [2.75, 3.05) is 0 Å². The standard InChI is InChI=1S/C23H26/c1-15-8-6-10-20(12-15)23(21-11-7-9-16(2)13-21)22-14-17(3)18(4)19(22)5/h6-13,23H,14H2,1-5H3. The fourth-order valence-electron chi connectivity index (χ4n) is 3.72. The van der Waals surface area contributed by atoms with Gasteiger partial charge in [-0.25, -0.2) is 0 Å². The summed E-state index contributed by atoms with van der Waals surface area (Å²) < 4.78 is 0. The summed E-state index contributed by atoms with van der Waals surface area (Å²) >= 11 is 0. The summed E-state index contributed by atoms with van der Waals surface area (Å²) in [5.74, 6) is 0.363. The maximum absolute atomic E-state index is 2.34. The van der Waals surface area contributed by atoms with Crippen molar-refractivity contribution in [1.29, 1.82) is 0 Å². The SMILES string of the molecule is CC1=C(C)C(C)=C(C(c2cccc(C)c2)c2cccc(C)c2)C1. The predicted octanol–water partition coefficient (Wildman–Crippen LogP) is 6.49. The fourth-order valence-corrected chi connectivity index (χ4v) is 3.72. The highest BCUT2D eigenvalue weighted by Gasteiger charge is 2.26. The predicted molar refractivity (Wildman–Crippen MR) is 99.9 cm³/mol. The number of rotatable bonds is 3. The van der Waals surface area contributed by atoms with Crippen LogP contribution in [0.25, 0.3) is 0 Å². The average molecular weight is 302 g/mol. The topological polar surface area (TPSA) is 0 Å². The Balaban J connectivity index is 2.16. The lowest BCUT2D eigenvalue weighted by atomic mass is 9.81. The van der Waals surface area contributed by atoms with E-state index < -0.39 is 0 Å². The molecule has 23 heavy (non-hydrogen) atoms. The highest BCUT2D eigenvalue weighted by molar-refractivity contribution is 5.53. The van der Waals surface area contributed by atoms with E-state index in [-0.39, 0.29) is 0 Å². The van der Waals surface area contributed by atoms with Gasteiger partial charge in [-0.2, -0.15) is 0 Å². The smallest absolute Gasteiger partial charge is 0.0308 e. The normalized spacial score (nSPS) is 15.0. The quantitative estimate of drug-likeness (QED) is 0.607. The number of allylic oxidation sites excluding steroid dienone is 4. The lowest BCUT2D eigenvalue weighted by Crippen LogP contribution is -2.06. The molecule has 0 heterocycles. The van der Waals surface area contributed by atoms with Gasteiger partial charge in [0.15, 0.2) is 0 Å². The Kier molecular flexibility index (Phi) is 4.26. The van der Waals surface area contributed by atoms with Gasteiger partial charge in [-0.1, -0.05) is 70.8 Å². The molecule has 2 aromatic rings. The molecule has 3 rings (SSSR count). The molecule has 0 amide bonds. The number of hydrogen-bond acceptors (Lipinski definition) is 0. The van der Waals surface area contributed by atoms with Crippen LogP contribution in [0.15, 0.2) is 70.8 Å². The summed E-state index contributed by atoms with van der Waals surface area (Å²) in [5, 5.41) is 0. The van der Waals surface area contributed by atoms with Crippen LogP contribution in [0.2, 0.25) is 0 Å². The van der Waals surface area contributed by atoms with Gasteiger partial charge in [0.25, 0.3) is 0 Å². The third-order valence-corrected chi connectivity index (χ3v) is 5.24. The second-order valence-electron chi connectivity index (χ2n) is 6.99. The van der Waals surface area contributed by atoms with Gasteiger partial charge >= 0.3 is 0 Å². The Morgan fingerprint density at radius 2 is 1.22 bits per heavy atom. The van der Waals surface area contributed by atoms with Gasteiger partial charge in [-0.05, 0) is 63.3 Å². The molecule has 0 atom stereocenters. The third-order valence-electron chi connectivity index (χ3n) is 5.24. The molecule has 0 heteroatoms. The summed E-state index contributed by atoms with van der Waals surface area (Å²) in [6, 6.07) is 18.0. The highest BCUT2D eigenvalue weighted by atomic mass is 14.3. The highest BCUT2D eigenvalue weighted by Crippen LogP contribution is 2.43. The van der Waals surface area contributed by atoms with Crippen molar-refractivity contribution < 1.29 is 0 Å². The van der Waals surface area contributed by atoms with Crippen LogP contribution >= 0.6 is 0 Å². The molecule has 1 aliphatic rings. The van der Waals surface area contributed by atoms with E-state index in [2.05, 4.69) is 83.1 Å². The maximum Gasteiger partial charge on any atom is 0.0308 e. The van der Waals surface area contributed by atoms with Crippen molar-refractivity contribution >= 4 is 0 Å². The van der Waals surface area contributed by atoms with Crippen LogP contribution in [-0.4, -0.2) is 0 Å². The van der Waals surface area contributed by atoms with Crippen molar-refractivity contribution in [2.24, 2.45) is 0 Å². The van der Waals surface area contributed by atoms with E-state index >= 15 is 0 Å². The molecular formula is C23H26. The minimum absolute atomic E-state index is 0.363. The molecule has 0 radical (unpaired) electrons. The van der Waals surface area contributed by atoms with Crippen LogP contribution in [0, 0.1) is 13.8 Å². The Labute approximate surface area is 140 Å². The average Bonchev–Trinajstić information content (AvgIpc) is 2.76. The molecule has 0 bridgehead atoms. The van der Waals surface area contributed by atoms with Crippen molar-refractivity contribution in [3.8, 4) is 0 Å². The van der Waals surface area contributed by atoms with Crippen LogP contribution in [0.1, 0.15) is 55.4 Å². The molecule has 1 aliphatic carbocycles. The Hall–Kier alpha value is -2.08. The number of hydrogen-bond donors (Lipinski definition) is 0. The van der Waals surface area contributed by atoms with E-state index in [1.807, 2.05) is 0 Å². The summed E-state index contributed by atoms with van der Waals surface area (Å²) in [6.07, 6.45) is 1.10. The van der Waals surface area contributed by atoms with E-state index in [9.17, 15) is 0 Å². The summed E-state index contributed by atoms with van der Waals surface area (Å²) in [6.45, 7) is 11.2. The van der Waals surface area contributed by atoms with Gasteiger partial charge in [-0.3, -0.25) is 0 Å². The van der Waals surface area contributed by atoms with Crippen molar-refractivity contribution in [2.45, 2.75) is 47.0 Å². The first-order valence-electron chi connectivity index (χ1n) is 8.47. The van der Waals surface area contributed by atoms with E-state index in [0.717, 1.165) is 6.42 Å². The zero-order chi connectivity index (χ0) is 16.6. The molecular weight excluding hydrogens is 276 g/mol. The number of aryl methyl sites for hydroxylation is 2. The van der Waals surface area contributed by atoms with Gasteiger partial charge in [-0.15, -0.1) is 0 Å². The summed E-state index contributed by atoms with van der Waals surface area (Å²) in [7, 11) is 0. The monoisotopic (exact) mass is 302 g/mol. The van der Waals surface area contributed by atoms with Crippen molar-refractivity contribution in [3.63, 3.8) is 0 Å². The van der Waals surface area contributed by atoms with E-state index in [4.69, 9.17) is 0 Å². The van der Waals surface area contributed by atoms with Gasteiger partial charge in [0.2, 0.25) is 0 Å². The zero-order valence-corrected chi connectivity index (χ0v) is 14.9. The number of benzene rings is 2. The van der Waals surface area contributed by atoms with Crippen LogP contribution < -0.4 is 0 Å². The second kappa shape index (κ2) is 6.20. The first-order chi connectivity index (χ1) is 11.0. The molecule has 0 fully saturated rings. The third kappa shape index (κ3) is 3.03. The van der Waals surface area contributed by atoms with Crippen molar-refractivity contribution in [3.05, 3.63) is 93.1 Å².